The van der Waals surface area contributed by atoms with Crippen LogP contribution in [0, 0.1) is 6.92 Å². The first-order valence-electron chi connectivity index (χ1n) is 6.19. The highest BCUT2D eigenvalue weighted by Gasteiger charge is 2.10. The molecule has 19 heavy (non-hydrogen) atoms. The van der Waals surface area contributed by atoms with E-state index in [4.69, 9.17) is 5.11 Å². The third-order valence-corrected chi connectivity index (χ3v) is 3.01. The van der Waals surface area contributed by atoms with Gasteiger partial charge in [0.05, 0.1) is 24.9 Å². The van der Waals surface area contributed by atoms with Gasteiger partial charge in [-0.05, 0) is 13.0 Å². The lowest BCUT2D eigenvalue weighted by Crippen LogP contribution is -2.12. The van der Waals surface area contributed by atoms with Crippen LogP contribution in [0.15, 0.2) is 30.5 Å². The van der Waals surface area contributed by atoms with Crippen LogP contribution in [0.4, 0.5) is 0 Å². The molecule has 0 fully saturated rings. The number of rotatable bonds is 4. The Kier molecular flexibility index (Phi) is 3.00. The largest absolute Gasteiger partial charge is 0.394 e. The number of aryl methyl sites for hydroxylation is 1. The number of hydrogen-bond acceptors (Lipinski definition) is 4. The van der Waals surface area contributed by atoms with Crippen LogP contribution < -0.4 is 0 Å². The van der Waals surface area contributed by atoms with E-state index in [0.717, 1.165) is 16.7 Å². The molecule has 3 rings (SSSR count). The van der Waals surface area contributed by atoms with Crippen LogP contribution in [0.3, 0.4) is 0 Å². The van der Waals surface area contributed by atoms with Crippen molar-refractivity contribution >= 4 is 10.9 Å². The first kappa shape index (κ1) is 11.9. The summed E-state index contributed by atoms with van der Waals surface area (Å²) in [7, 11) is 0. The monoisotopic (exact) mass is 257 g/mol. The zero-order valence-corrected chi connectivity index (χ0v) is 10.7. The average Bonchev–Trinajstić information content (AvgIpc) is 2.96. The highest BCUT2D eigenvalue weighted by molar-refractivity contribution is 5.78. The Labute approximate surface area is 110 Å². The number of fused-ring (bicyclic) bond motifs is 1. The van der Waals surface area contributed by atoms with E-state index < -0.39 is 0 Å². The Bertz CT molecular complexity index is 700. The fourth-order valence-corrected chi connectivity index (χ4v) is 2.18. The van der Waals surface area contributed by atoms with Gasteiger partial charge in [-0.25, -0.2) is 9.67 Å². The summed E-state index contributed by atoms with van der Waals surface area (Å²) in [5, 5.41) is 18.8. The summed E-state index contributed by atoms with van der Waals surface area (Å²) in [5.74, 6) is 1.51. The third kappa shape index (κ3) is 2.22. The highest BCUT2D eigenvalue weighted by Crippen LogP contribution is 2.13. The molecule has 2 aromatic heterocycles. The molecule has 0 aliphatic carbocycles. The van der Waals surface area contributed by atoms with Gasteiger partial charge in [-0.3, -0.25) is 4.68 Å². The summed E-state index contributed by atoms with van der Waals surface area (Å²) in [5.41, 5.74) is 1.07. The zero-order chi connectivity index (χ0) is 13.2. The number of benzene rings is 1. The molecule has 0 aliphatic heterocycles. The molecular weight excluding hydrogens is 242 g/mol. The lowest BCUT2D eigenvalue weighted by Gasteiger charge is -2.05. The van der Waals surface area contributed by atoms with Gasteiger partial charge in [0, 0.05) is 5.39 Å². The van der Waals surface area contributed by atoms with E-state index >= 15 is 0 Å². The SMILES string of the molecule is Cc1nc(Cn2ncc3ccccc32)n(CCO)n1. The van der Waals surface area contributed by atoms with Gasteiger partial charge in [0.1, 0.15) is 18.2 Å². The summed E-state index contributed by atoms with van der Waals surface area (Å²) < 4.78 is 3.62. The van der Waals surface area contributed by atoms with Gasteiger partial charge in [-0.2, -0.15) is 10.2 Å². The van der Waals surface area contributed by atoms with Gasteiger partial charge in [0.25, 0.3) is 0 Å². The summed E-state index contributed by atoms with van der Waals surface area (Å²) in [6.07, 6.45) is 1.84. The lowest BCUT2D eigenvalue weighted by molar-refractivity contribution is 0.266. The second-order valence-electron chi connectivity index (χ2n) is 4.38. The molecule has 6 nitrogen and oxygen atoms in total. The predicted molar refractivity (Wildman–Crippen MR) is 70.7 cm³/mol. The molecule has 0 radical (unpaired) electrons. The number of aromatic nitrogens is 5. The topological polar surface area (TPSA) is 68.8 Å². The normalized spacial score (nSPS) is 11.3. The van der Waals surface area contributed by atoms with E-state index in [1.807, 2.05) is 42.1 Å². The van der Waals surface area contributed by atoms with Crippen molar-refractivity contribution in [3.63, 3.8) is 0 Å². The Morgan fingerprint density at radius 3 is 2.89 bits per heavy atom. The van der Waals surface area contributed by atoms with Crippen molar-refractivity contribution in [3.8, 4) is 0 Å². The molecule has 3 aromatic rings. The Hall–Kier alpha value is -2.21. The molecule has 0 saturated carbocycles. The summed E-state index contributed by atoms with van der Waals surface area (Å²) in [4.78, 5) is 4.39. The molecule has 0 atom stereocenters. The van der Waals surface area contributed by atoms with Crippen molar-refractivity contribution in [2.45, 2.75) is 20.0 Å². The van der Waals surface area contributed by atoms with Crippen molar-refractivity contribution < 1.29 is 5.11 Å². The first-order chi connectivity index (χ1) is 9.28. The van der Waals surface area contributed by atoms with Crippen molar-refractivity contribution in [2.75, 3.05) is 6.61 Å². The number of hydrogen-bond donors (Lipinski definition) is 1. The van der Waals surface area contributed by atoms with E-state index in [-0.39, 0.29) is 6.61 Å². The van der Waals surface area contributed by atoms with E-state index in [2.05, 4.69) is 15.2 Å². The van der Waals surface area contributed by atoms with Crippen LogP contribution in [-0.4, -0.2) is 36.3 Å². The van der Waals surface area contributed by atoms with E-state index in [9.17, 15) is 0 Å². The van der Waals surface area contributed by atoms with Crippen LogP contribution in [-0.2, 0) is 13.1 Å². The van der Waals surface area contributed by atoms with Crippen LogP contribution in [0.25, 0.3) is 10.9 Å². The fraction of sp³-hybridized carbons (Fsp3) is 0.308. The van der Waals surface area contributed by atoms with E-state index in [0.29, 0.717) is 18.9 Å². The van der Waals surface area contributed by atoms with Crippen molar-refractivity contribution in [2.24, 2.45) is 0 Å². The molecule has 0 unspecified atom stereocenters. The molecule has 2 heterocycles. The Balaban J connectivity index is 1.96. The third-order valence-electron chi connectivity index (χ3n) is 3.01. The van der Waals surface area contributed by atoms with E-state index in [1.54, 1.807) is 4.68 Å². The second kappa shape index (κ2) is 4.81. The maximum absolute atomic E-state index is 9.04. The van der Waals surface area contributed by atoms with E-state index in [1.165, 1.54) is 0 Å². The molecule has 6 heteroatoms. The van der Waals surface area contributed by atoms with Crippen LogP contribution in [0.1, 0.15) is 11.6 Å². The molecule has 0 saturated heterocycles. The zero-order valence-electron chi connectivity index (χ0n) is 10.7. The van der Waals surface area contributed by atoms with Crippen molar-refractivity contribution in [1.82, 2.24) is 24.5 Å². The van der Waals surface area contributed by atoms with Gasteiger partial charge in [-0.1, -0.05) is 18.2 Å². The van der Waals surface area contributed by atoms with Crippen LogP contribution >= 0.6 is 0 Å². The standard InChI is InChI=1S/C13H15N5O/c1-10-15-13(17(16-10)6-7-19)9-18-12-5-3-2-4-11(12)8-14-18/h2-5,8,19H,6-7,9H2,1H3. The number of nitrogens with zero attached hydrogens (tertiary/aromatic N) is 5. The summed E-state index contributed by atoms with van der Waals surface area (Å²) in [6.45, 7) is 2.90. The second-order valence-corrected chi connectivity index (χ2v) is 4.38. The predicted octanol–water partition coefficient (Wildman–Crippen LogP) is 0.977. The Morgan fingerprint density at radius 1 is 1.21 bits per heavy atom. The number of aliphatic hydroxyl groups is 1. The molecular formula is C13H15N5O. The molecule has 1 N–H and O–H groups in total. The van der Waals surface area contributed by atoms with Gasteiger partial charge >= 0.3 is 0 Å². The Morgan fingerprint density at radius 2 is 2.05 bits per heavy atom. The minimum atomic E-state index is 0.0512. The molecule has 0 amide bonds. The maximum Gasteiger partial charge on any atom is 0.149 e. The summed E-state index contributed by atoms with van der Waals surface area (Å²) in [6, 6.07) is 8.04. The minimum absolute atomic E-state index is 0.0512. The quantitative estimate of drug-likeness (QED) is 0.756. The average molecular weight is 257 g/mol. The van der Waals surface area contributed by atoms with Gasteiger partial charge in [0.15, 0.2) is 0 Å². The van der Waals surface area contributed by atoms with Crippen LogP contribution in [0.5, 0.6) is 0 Å². The lowest BCUT2D eigenvalue weighted by atomic mass is 10.2. The van der Waals surface area contributed by atoms with Crippen molar-refractivity contribution in [1.29, 1.82) is 0 Å². The molecule has 0 bridgehead atoms. The fourth-order valence-electron chi connectivity index (χ4n) is 2.18. The maximum atomic E-state index is 9.04. The molecule has 1 aromatic carbocycles. The number of aliphatic hydroxyl groups excluding tert-OH is 1. The molecule has 98 valence electrons. The highest BCUT2D eigenvalue weighted by atomic mass is 16.3. The smallest absolute Gasteiger partial charge is 0.149 e. The van der Waals surface area contributed by atoms with Crippen LogP contribution in [0.2, 0.25) is 0 Å². The van der Waals surface area contributed by atoms with Gasteiger partial charge in [0.2, 0.25) is 0 Å². The van der Waals surface area contributed by atoms with Gasteiger partial charge in [-0.15, -0.1) is 0 Å². The number of para-hydroxylation sites is 1. The van der Waals surface area contributed by atoms with Crippen molar-refractivity contribution in [3.05, 3.63) is 42.1 Å². The summed E-state index contributed by atoms with van der Waals surface area (Å²) >= 11 is 0. The molecule has 0 spiro atoms. The minimum Gasteiger partial charge on any atom is -0.394 e. The van der Waals surface area contributed by atoms with Gasteiger partial charge < -0.3 is 5.11 Å². The first-order valence-corrected chi connectivity index (χ1v) is 6.19. The molecule has 0 aliphatic rings.